The Bertz CT molecular complexity index is 942. The average molecular weight is 378 g/mol. The van der Waals surface area contributed by atoms with E-state index in [2.05, 4.69) is 5.32 Å². The van der Waals surface area contributed by atoms with Crippen molar-refractivity contribution in [2.75, 3.05) is 20.3 Å². The van der Waals surface area contributed by atoms with Crippen molar-refractivity contribution in [3.05, 3.63) is 64.7 Å². The molecule has 144 valence electrons. The molecule has 0 spiro atoms. The minimum Gasteiger partial charge on any atom is -0.493 e. The number of hydrogen-bond acceptors (Lipinski definition) is 5. The number of carbonyl (C=O) groups excluding carboxylic acids is 2. The van der Waals surface area contributed by atoms with E-state index in [0.717, 1.165) is 5.56 Å². The molecule has 0 aliphatic rings. The van der Waals surface area contributed by atoms with E-state index in [-0.39, 0.29) is 23.9 Å². The highest BCUT2D eigenvalue weighted by atomic mass is 16.5. The van der Waals surface area contributed by atoms with Gasteiger partial charge in [0, 0.05) is 12.1 Å². The second-order valence-corrected chi connectivity index (χ2v) is 5.97. The molecule has 1 N–H and O–H groups in total. The van der Waals surface area contributed by atoms with Crippen molar-refractivity contribution in [2.24, 2.45) is 0 Å². The molecule has 2 aromatic rings. The number of allylic oxidation sites excluding steroid dienone is 1. The van der Waals surface area contributed by atoms with E-state index in [1.54, 1.807) is 30.3 Å². The lowest BCUT2D eigenvalue weighted by Crippen LogP contribution is -2.28. The van der Waals surface area contributed by atoms with Crippen LogP contribution >= 0.6 is 0 Å². The molecule has 0 bridgehead atoms. The van der Waals surface area contributed by atoms with Crippen LogP contribution in [0.1, 0.15) is 28.4 Å². The first-order chi connectivity index (χ1) is 13.5. The van der Waals surface area contributed by atoms with Crippen molar-refractivity contribution in [2.45, 2.75) is 13.8 Å². The van der Waals surface area contributed by atoms with Gasteiger partial charge in [-0.05, 0) is 43.2 Å². The smallest absolute Gasteiger partial charge is 0.257 e. The van der Waals surface area contributed by atoms with Crippen LogP contribution in [0, 0.1) is 18.3 Å². The third-order valence-electron chi connectivity index (χ3n) is 3.99. The van der Waals surface area contributed by atoms with Crippen molar-refractivity contribution < 1.29 is 19.1 Å². The van der Waals surface area contributed by atoms with Gasteiger partial charge in [-0.25, -0.2) is 0 Å². The van der Waals surface area contributed by atoms with Crippen LogP contribution in [0.3, 0.4) is 0 Å². The van der Waals surface area contributed by atoms with Crippen LogP contribution in [0.2, 0.25) is 0 Å². The summed E-state index contributed by atoms with van der Waals surface area (Å²) in [5.74, 6) is 0.230. The van der Waals surface area contributed by atoms with E-state index >= 15 is 0 Å². The van der Waals surface area contributed by atoms with E-state index in [1.165, 1.54) is 13.2 Å². The Morgan fingerprint density at radius 2 is 1.93 bits per heavy atom. The van der Waals surface area contributed by atoms with Gasteiger partial charge >= 0.3 is 0 Å². The predicted molar refractivity (Wildman–Crippen MR) is 106 cm³/mol. The normalized spacial score (nSPS) is 10.7. The largest absolute Gasteiger partial charge is 0.493 e. The summed E-state index contributed by atoms with van der Waals surface area (Å²) in [6, 6.07) is 14.1. The molecule has 28 heavy (non-hydrogen) atoms. The van der Waals surface area contributed by atoms with Gasteiger partial charge in [-0.2, -0.15) is 5.26 Å². The van der Waals surface area contributed by atoms with Crippen molar-refractivity contribution in [3.8, 4) is 17.6 Å². The molecule has 0 saturated heterocycles. The summed E-state index contributed by atoms with van der Waals surface area (Å²) in [4.78, 5) is 24.2. The standard InChI is InChI=1S/C22H22N2O4/c1-4-24-21(25)14-28-19-10-9-16(12-20(19)27-3)11-17(13-23)22(26)18-8-6-5-7-15(18)2/h5-12H,4,14H2,1-3H3,(H,24,25)/b17-11+. The first-order valence-electron chi connectivity index (χ1n) is 8.79. The SMILES string of the molecule is CCNC(=O)COc1ccc(/C=C(\C#N)C(=O)c2ccccc2C)cc1OC. The molecule has 0 atom stereocenters. The zero-order valence-corrected chi connectivity index (χ0v) is 16.1. The molecule has 0 aliphatic heterocycles. The topological polar surface area (TPSA) is 88.4 Å². The molecule has 1 amide bonds. The fraction of sp³-hybridized carbons (Fsp3) is 0.227. The molecule has 6 nitrogen and oxygen atoms in total. The third-order valence-corrected chi connectivity index (χ3v) is 3.99. The molecule has 6 heteroatoms. The van der Waals surface area contributed by atoms with Gasteiger partial charge in [-0.15, -0.1) is 0 Å². The predicted octanol–water partition coefficient (Wildman–Crippen LogP) is 3.31. The number of aryl methyl sites for hydroxylation is 1. The van der Waals surface area contributed by atoms with Gasteiger partial charge in [0.25, 0.3) is 5.91 Å². The first kappa shape index (κ1) is 20.7. The Hall–Kier alpha value is -3.59. The van der Waals surface area contributed by atoms with Crippen LogP contribution in [-0.4, -0.2) is 32.0 Å². The molecule has 0 radical (unpaired) electrons. The van der Waals surface area contributed by atoms with Gasteiger partial charge in [-0.1, -0.05) is 30.3 Å². The molecule has 0 saturated carbocycles. The molecule has 0 unspecified atom stereocenters. The fourth-order valence-corrected chi connectivity index (χ4v) is 2.57. The highest BCUT2D eigenvalue weighted by Gasteiger charge is 2.15. The number of ether oxygens (including phenoxy) is 2. The number of benzene rings is 2. The van der Waals surface area contributed by atoms with Crippen molar-refractivity contribution >= 4 is 17.8 Å². The maximum Gasteiger partial charge on any atom is 0.257 e. The monoisotopic (exact) mass is 378 g/mol. The zero-order valence-electron chi connectivity index (χ0n) is 16.1. The first-order valence-corrected chi connectivity index (χ1v) is 8.79. The molecule has 2 aromatic carbocycles. The number of amides is 1. The zero-order chi connectivity index (χ0) is 20.5. The number of nitrogens with one attached hydrogen (secondary N) is 1. The maximum atomic E-state index is 12.7. The van der Waals surface area contributed by atoms with Gasteiger partial charge in [0.2, 0.25) is 5.78 Å². The van der Waals surface area contributed by atoms with Gasteiger partial charge < -0.3 is 14.8 Å². The van der Waals surface area contributed by atoms with Gasteiger partial charge in [0.15, 0.2) is 18.1 Å². The number of nitrogens with zero attached hydrogens (tertiary/aromatic N) is 1. The lowest BCUT2D eigenvalue weighted by molar-refractivity contribution is -0.123. The van der Waals surface area contributed by atoms with E-state index in [0.29, 0.717) is 29.2 Å². The third kappa shape index (κ3) is 5.21. The molecule has 2 rings (SSSR count). The lowest BCUT2D eigenvalue weighted by Gasteiger charge is -2.11. The molecular formula is C22H22N2O4. The van der Waals surface area contributed by atoms with Crippen LogP contribution in [-0.2, 0) is 4.79 Å². The summed E-state index contributed by atoms with van der Waals surface area (Å²) >= 11 is 0. The summed E-state index contributed by atoms with van der Waals surface area (Å²) < 4.78 is 10.8. The Labute approximate surface area is 164 Å². The number of nitriles is 1. The van der Waals surface area contributed by atoms with E-state index in [4.69, 9.17) is 9.47 Å². The number of likely N-dealkylation sites (N-methyl/N-ethyl adjacent to an activating group) is 1. The fourth-order valence-electron chi connectivity index (χ4n) is 2.57. The minimum atomic E-state index is -0.337. The number of hydrogen-bond donors (Lipinski definition) is 1. The Balaban J connectivity index is 2.26. The maximum absolute atomic E-state index is 12.7. The molecule has 0 heterocycles. The summed E-state index contributed by atoms with van der Waals surface area (Å²) in [6.45, 7) is 4.04. The Morgan fingerprint density at radius 1 is 1.18 bits per heavy atom. The highest BCUT2D eigenvalue weighted by Crippen LogP contribution is 2.29. The molecular weight excluding hydrogens is 356 g/mol. The van der Waals surface area contributed by atoms with Gasteiger partial charge in [0.05, 0.1) is 7.11 Å². The van der Waals surface area contributed by atoms with E-state index in [1.807, 2.05) is 32.0 Å². The lowest BCUT2D eigenvalue weighted by atomic mass is 9.98. The van der Waals surface area contributed by atoms with Gasteiger partial charge in [-0.3, -0.25) is 9.59 Å². The summed E-state index contributed by atoms with van der Waals surface area (Å²) in [5.41, 5.74) is 1.93. The summed E-state index contributed by atoms with van der Waals surface area (Å²) in [6.07, 6.45) is 1.50. The number of ketones is 1. The van der Waals surface area contributed by atoms with Crippen LogP contribution < -0.4 is 14.8 Å². The molecule has 0 aromatic heterocycles. The van der Waals surface area contributed by atoms with E-state index < -0.39 is 0 Å². The number of methoxy groups -OCH3 is 1. The quantitative estimate of drug-likeness (QED) is 0.432. The van der Waals surface area contributed by atoms with Crippen molar-refractivity contribution in [1.82, 2.24) is 5.32 Å². The average Bonchev–Trinajstić information content (AvgIpc) is 2.70. The molecule has 0 fully saturated rings. The number of Topliss-reactive ketones (excluding diaryl/α,β-unsaturated/α-hetero) is 1. The Kier molecular flexibility index (Phi) is 7.35. The number of carbonyl (C=O) groups is 2. The number of rotatable bonds is 8. The van der Waals surface area contributed by atoms with Crippen LogP contribution in [0.15, 0.2) is 48.0 Å². The Morgan fingerprint density at radius 3 is 2.57 bits per heavy atom. The van der Waals surface area contributed by atoms with E-state index in [9.17, 15) is 14.9 Å². The highest BCUT2D eigenvalue weighted by molar-refractivity contribution is 6.14. The van der Waals surface area contributed by atoms with Crippen LogP contribution in [0.5, 0.6) is 11.5 Å². The second-order valence-electron chi connectivity index (χ2n) is 5.97. The van der Waals surface area contributed by atoms with Crippen molar-refractivity contribution in [3.63, 3.8) is 0 Å². The van der Waals surface area contributed by atoms with Crippen LogP contribution in [0.25, 0.3) is 6.08 Å². The second kappa shape index (κ2) is 9.93. The summed E-state index contributed by atoms with van der Waals surface area (Å²) in [7, 11) is 1.48. The summed E-state index contributed by atoms with van der Waals surface area (Å²) in [5, 5.41) is 12.1. The van der Waals surface area contributed by atoms with Crippen LogP contribution in [0.4, 0.5) is 0 Å². The minimum absolute atomic E-state index is 0.0207. The molecule has 0 aliphatic carbocycles. The van der Waals surface area contributed by atoms with Gasteiger partial charge in [0.1, 0.15) is 11.6 Å². The van der Waals surface area contributed by atoms with Crippen molar-refractivity contribution in [1.29, 1.82) is 5.26 Å².